The van der Waals surface area contributed by atoms with Gasteiger partial charge in [0.25, 0.3) is 10.2 Å². The molecule has 2 aliphatic rings. The third-order valence-electron chi connectivity index (χ3n) is 2.59. The zero-order valence-corrected chi connectivity index (χ0v) is 8.31. The van der Waals surface area contributed by atoms with Gasteiger partial charge in [0.05, 0.1) is 0 Å². The molecule has 0 aromatic carbocycles. The lowest BCUT2D eigenvalue weighted by Gasteiger charge is -2.31. The molecule has 2 rings (SSSR count). The molecule has 2 saturated heterocycles. The van der Waals surface area contributed by atoms with Crippen molar-refractivity contribution in [3.8, 4) is 0 Å². The van der Waals surface area contributed by atoms with Gasteiger partial charge in [-0.2, -0.15) is 12.7 Å². The van der Waals surface area contributed by atoms with E-state index in [1.807, 2.05) is 0 Å². The summed E-state index contributed by atoms with van der Waals surface area (Å²) in [6.45, 7) is 2.97. The first-order chi connectivity index (χ1) is 6.20. The lowest BCUT2D eigenvalue weighted by Crippen LogP contribution is -2.52. The number of hydrogen-bond donors (Lipinski definition) is 2. The topological polar surface area (TPSA) is 61.4 Å². The summed E-state index contributed by atoms with van der Waals surface area (Å²) < 4.78 is 27.3. The van der Waals surface area contributed by atoms with Crippen molar-refractivity contribution in [1.29, 1.82) is 0 Å². The molecule has 0 saturated carbocycles. The van der Waals surface area contributed by atoms with Crippen molar-refractivity contribution in [2.24, 2.45) is 0 Å². The molecule has 0 spiro atoms. The van der Waals surface area contributed by atoms with Crippen LogP contribution in [0.4, 0.5) is 0 Å². The zero-order valence-electron chi connectivity index (χ0n) is 7.49. The molecular formula is C7H15N3O2S. The second-order valence-electron chi connectivity index (χ2n) is 3.51. The Balaban J connectivity index is 2.11. The van der Waals surface area contributed by atoms with Crippen LogP contribution in [0.15, 0.2) is 0 Å². The van der Waals surface area contributed by atoms with Crippen LogP contribution in [0, 0.1) is 0 Å². The van der Waals surface area contributed by atoms with Crippen molar-refractivity contribution in [3.05, 3.63) is 0 Å². The quantitative estimate of drug-likeness (QED) is 0.570. The van der Waals surface area contributed by atoms with E-state index in [9.17, 15) is 8.42 Å². The van der Waals surface area contributed by atoms with Gasteiger partial charge in [-0.15, -0.1) is 0 Å². The highest BCUT2D eigenvalue weighted by atomic mass is 32.2. The van der Waals surface area contributed by atoms with E-state index in [4.69, 9.17) is 0 Å². The first kappa shape index (κ1) is 9.39. The summed E-state index contributed by atoms with van der Waals surface area (Å²) in [6.07, 6.45) is 1.84. The Morgan fingerprint density at radius 2 is 2.15 bits per heavy atom. The summed E-state index contributed by atoms with van der Waals surface area (Å²) in [6, 6.07) is 0.165. The summed E-state index contributed by atoms with van der Waals surface area (Å²) >= 11 is 0. The summed E-state index contributed by atoms with van der Waals surface area (Å²) in [5, 5.41) is 3.17. The molecule has 0 aliphatic carbocycles. The van der Waals surface area contributed by atoms with E-state index in [0.29, 0.717) is 13.1 Å². The van der Waals surface area contributed by atoms with Gasteiger partial charge in [-0.1, -0.05) is 0 Å². The van der Waals surface area contributed by atoms with E-state index in [1.54, 1.807) is 4.31 Å². The van der Waals surface area contributed by atoms with Crippen LogP contribution in [0.3, 0.4) is 0 Å². The molecule has 2 fully saturated rings. The smallest absolute Gasteiger partial charge is 0.279 e. The van der Waals surface area contributed by atoms with Crippen LogP contribution in [-0.2, 0) is 10.2 Å². The lowest BCUT2D eigenvalue weighted by atomic mass is 10.2. The second kappa shape index (κ2) is 3.53. The fraction of sp³-hybridized carbons (Fsp3) is 1.00. The maximum Gasteiger partial charge on any atom is 0.279 e. The van der Waals surface area contributed by atoms with E-state index in [-0.39, 0.29) is 6.04 Å². The van der Waals surface area contributed by atoms with E-state index >= 15 is 0 Å². The van der Waals surface area contributed by atoms with Gasteiger partial charge in [-0.05, 0) is 19.4 Å². The summed E-state index contributed by atoms with van der Waals surface area (Å²) in [5.41, 5.74) is 0. The average Bonchev–Trinajstić information content (AvgIpc) is 2.55. The normalized spacial score (nSPS) is 34.9. The SMILES string of the molecule is O=S1(=O)NCCCN1C1CCNC1. The van der Waals surface area contributed by atoms with Crippen LogP contribution in [0.1, 0.15) is 12.8 Å². The third kappa shape index (κ3) is 1.85. The molecule has 0 aromatic rings. The minimum Gasteiger partial charge on any atom is -0.315 e. The first-order valence-corrected chi connectivity index (χ1v) is 6.11. The molecule has 0 radical (unpaired) electrons. The third-order valence-corrected chi connectivity index (χ3v) is 4.26. The van der Waals surface area contributed by atoms with Gasteiger partial charge in [0.2, 0.25) is 0 Å². The highest BCUT2D eigenvalue weighted by Gasteiger charge is 2.33. The maximum atomic E-state index is 11.6. The Morgan fingerprint density at radius 1 is 1.31 bits per heavy atom. The minimum atomic E-state index is -3.16. The highest BCUT2D eigenvalue weighted by Crippen LogP contribution is 2.15. The molecule has 2 heterocycles. The molecule has 5 nitrogen and oxygen atoms in total. The predicted octanol–water partition coefficient (Wildman–Crippen LogP) is -1.11. The Labute approximate surface area is 78.7 Å². The summed E-state index contributed by atoms with van der Waals surface area (Å²) in [7, 11) is -3.16. The minimum absolute atomic E-state index is 0.165. The zero-order chi connectivity index (χ0) is 9.31. The van der Waals surface area contributed by atoms with Gasteiger partial charge >= 0.3 is 0 Å². The van der Waals surface area contributed by atoms with Crippen LogP contribution in [-0.4, -0.2) is 44.9 Å². The fourth-order valence-electron chi connectivity index (χ4n) is 1.90. The van der Waals surface area contributed by atoms with E-state index in [1.165, 1.54) is 0 Å². The standard InChI is InChI=1S/C7H15N3O2S/c11-13(12)9-3-1-5-10(13)7-2-4-8-6-7/h7-9H,1-6H2. The molecular weight excluding hydrogens is 190 g/mol. The van der Waals surface area contributed by atoms with Gasteiger partial charge in [0, 0.05) is 25.7 Å². The monoisotopic (exact) mass is 205 g/mol. The molecule has 1 atom stereocenters. The Morgan fingerprint density at radius 3 is 2.77 bits per heavy atom. The van der Waals surface area contributed by atoms with Gasteiger partial charge in [0.1, 0.15) is 0 Å². The molecule has 0 amide bonds. The Hall–Kier alpha value is -0.170. The molecule has 2 N–H and O–H groups in total. The molecule has 6 heteroatoms. The molecule has 0 bridgehead atoms. The predicted molar refractivity (Wildman–Crippen MR) is 49.5 cm³/mol. The van der Waals surface area contributed by atoms with Crippen molar-refractivity contribution in [3.63, 3.8) is 0 Å². The summed E-state index contributed by atoms with van der Waals surface area (Å²) in [5.74, 6) is 0. The number of nitrogens with zero attached hydrogens (tertiary/aromatic N) is 1. The van der Waals surface area contributed by atoms with Gasteiger partial charge in [-0.3, -0.25) is 0 Å². The van der Waals surface area contributed by atoms with Crippen molar-refractivity contribution < 1.29 is 8.42 Å². The molecule has 2 aliphatic heterocycles. The van der Waals surface area contributed by atoms with Crippen LogP contribution in [0.25, 0.3) is 0 Å². The first-order valence-electron chi connectivity index (χ1n) is 4.67. The van der Waals surface area contributed by atoms with E-state index < -0.39 is 10.2 Å². The van der Waals surface area contributed by atoms with Crippen molar-refractivity contribution >= 4 is 10.2 Å². The number of nitrogens with one attached hydrogen (secondary N) is 2. The van der Waals surface area contributed by atoms with Crippen LogP contribution in [0.5, 0.6) is 0 Å². The average molecular weight is 205 g/mol. The molecule has 76 valence electrons. The largest absolute Gasteiger partial charge is 0.315 e. The van der Waals surface area contributed by atoms with Gasteiger partial charge < -0.3 is 5.32 Å². The van der Waals surface area contributed by atoms with E-state index in [0.717, 1.165) is 25.9 Å². The number of rotatable bonds is 1. The molecule has 13 heavy (non-hydrogen) atoms. The van der Waals surface area contributed by atoms with Crippen molar-refractivity contribution in [2.45, 2.75) is 18.9 Å². The number of hydrogen-bond acceptors (Lipinski definition) is 3. The second-order valence-corrected chi connectivity index (χ2v) is 5.22. The maximum absolute atomic E-state index is 11.6. The van der Waals surface area contributed by atoms with Crippen LogP contribution >= 0.6 is 0 Å². The van der Waals surface area contributed by atoms with Gasteiger partial charge in [0.15, 0.2) is 0 Å². The Bertz CT molecular complexity index is 271. The van der Waals surface area contributed by atoms with E-state index in [2.05, 4.69) is 10.0 Å². The van der Waals surface area contributed by atoms with Gasteiger partial charge in [-0.25, -0.2) is 4.72 Å². The van der Waals surface area contributed by atoms with Crippen LogP contribution < -0.4 is 10.0 Å². The van der Waals surface area contributed by atoms with Crippen LogP contribution in [0.2, 0.25) is 0 Å². The molecule has 1 unspecified atom stereocenters. The summed E-state index contributed by atoms with van der Waals surface area (Å²) in [4.78, 5) is 0. The lowest BCUT2D eigenvalue weighted by molar-refractivity contribution is 0.310. The molecule has 0 aromatic heterocycles. The van der Waals surface area contributed by atoms with Crippen molar-refractivity contribution in [1.82, 2.24) is 14.3 Å². The van der Waals surface area contributed by atoms with Crippen molar-refractivity contribution in [2.75, 3.05) is 26.2 Å². The Kier molecular flexibility index (Phi) is 2.55. The highest BCUT2D eigenvalue weighted by molar-refractivity contribution is 7.87. The fourth-order valence-corrected chi connectivity index (χ4v) is 3.41.